The van der Waals surface area contributed by atoms with Gasteiger partial charge >= 0.3 is 6.03 Å². The Hall–Kier alpha value is -2.82. The van der Waals surface area contributed by atoms with E-state index in [2.05, 4.69) is 24.5 Å². The Labute approximate surface area is 161 Å². The number of nitrogens with one attached hydrogen (secondary N) is 2. The number of amides is 3. The molecule has 3 amide bonds. The van der Waals surface area contributed by atoms with E-state index in [4.69, 9.17) is 0 Å². The molecule has 144 valence electrons. The maximum Gasteiger partial charge on any atom is 0.319 e. The molecule has 0 fully saturated rings. The van der Waals surface area contributed by atoms with Gasteiger partial charge in [0.05, 0.1) is 0 Å². The van der Waals surface area contributed by atoms with Crippen molar-refractivity contribution < 1.29 is 9.59 Å². The van der Waals surface area contributed by atoms with Gasteiger partial charge in [-0.05, 0) is 49.1 Å². The van der Waals surface area contributed by atoms with Crippen molar-refractivity contribution in [3.05, 3.63) is 65.7 Å². The molecule has 0 unspecified atom stereocenters. The number of rotatable bonds is 9. The lowest BCUT2D eigenvalue weighted by Crippen LogP contribution is -2.32. The molecule has 0 heterocycles. The molecule has 5 heteroatoms. The predicted molar refractivity (Wildman–Crippen MR) is 110 cm³/mol. The topological polar surface area (TPSA) is 61.4 Å². The number of hydrogen-bond acceptors (Lipinski definition) is 2. The Bertz CT molecular complexity index is 708. The number of hydrogen-bond donors (Lipinski definition) is 2. The number of benzene rings is 2. The van der Waals surface area contributed by atoms with E-state index in [-0.39, 0.29) is 11.9 Å². The molecule has 0 aliphatic rings. The molecule has 0 aliphatic carbocycles. The first kappa shape index (κ1) is 20.5. The minimum atomic E-state index is -0.247. The van der Waals surface area contributed by atoms with Gasteiger partial charge in [-0.25, -0.2) is 4.79 Å². The van der Waals surface area contributed by atoms with Crippen molar-refractivity contribution >= 4 is 17.6 Å². The molecule has 0 saturated carbocycles. The molecule has 0 radical (unpaired) electrons. The van der Waals surface area contributed by atoms with Gasteiger partial charge in [-0.15, -0.1) is 0 Å². The Balaban J connectivity index is 1.83. The Morgan fingerprint density at radius 1 is 0.889 bits per heavy atom. The van der Waals surface area contributed by atoms with Crippen LogP contribution in [0.25, 0.3) is 0 Å². The first-order valence-electron chi connectivity index (χ1n) is 9.62. The van der Waals surface area contributed by atoms with Gasteiger partial charge in [0.15, 0.2) is 0 Å². The number of anilines is 1. The minimum absolute atomic E-state index is 0.0394. The van der Waals surface area contributed by atoms with Crippen LogP contribution < -0.4 is 10.6 Å². The molecule has 5 nitrogen and oxygen atoms in total. The summed E-state index contributed by atoms with van der Waals surface area (Å²) in [6, 6.07) is 16.8. The molecule has 2 aromatic carbocycles. The number of nitrogens with zero attached hydrogens (tertiary/aromatic N) is 1. The molecule has 2 aromatic rings. The third kappa shape index (κ3) is 6.77. The van der Waals surface area contributed by atoms with E-state index in [0.717, 1.165) is 32.4 Å². The quantitative estimate of drug-likeness (QED) is 0.694. The average Bonchev–Trinajstić information content (AvgIpc) is 2.69. The average molecular weight is 367 g/mol. The summed E-state index contributed by atoms with van der Waals surface area (Å²) in [6.07, 6.45) is 2.66. The van der Waals surface area contributed by atoms with Crippen molar-refractivity contribution in [1.29, 1.82) is 0 Å². The highest BCUT2D eigenvalue weighted by atomic mass is 16.2. The molecule has 0 spiro atoms. The van der Waals surface area contributed by atoms with Gasteiger partial charge in [-0.1, -0.05) is 44.2 Å². The van der Waals surface area contributed by atoms with Crippen LogP contribution in [-0.2, 0) is 6.42 Å². The second-order valence-electron chi connectivity index (χ2n) is 6.49. The summed E-state index contributed by atoms with van der Waals surface area (Å²) in [4.78, 5) is 26.4. The summed E-state index contributed by atoms with van der Waals surface area (Å²) < 4.78 is 0. The van der Waals surface area contributed by atoms with Gasteiger partial charge in [0.25, 0.3) is 5.91 Å². The van der Waals surface area contributed by atoms with Gasteiger partial charge in [0.1, 0.15) is 0 Å². The van der Waals surface area contributed by atoms with Crippen LogP contribution in [0.15, 0.2) is 54.6 Å². The first-order valence-corrected chi connectivity index (χ1v) is 9.62. The smallest absolute Gasteiger partial charge is 0.319 e. The van der Waals surface area contributed by atoms with Crippen molar-refractivity contribution in [3.8, 4) is 0 Å². The lowest BCUT2D eigenvalue weighted by Gasteiger charge is -2.21. The summed E-state index contributed by atoms with van der Waals surface area (Å²) in [6.45, 7) is 6.22. The van der Waals surface area contributed by atoms with Gasteiger partial charge in [-0.3, -0.25) is 4.79 Å². The molecule has 0 aliphatic heterocycles. The number of carbonyl (C=O) groups is 2. The highest BCUT2D eigenvalue weighted by Crippen LogP contribution is 2.12. The maximum atomic E-state index is 12.6. The van der Waals surface area contributed by atoms with Crippen molar-refractivity contribution in [2.45, 2.75) is 33.1 Å². The minimum Gasteiger partial charge on any atom is -0.339 e. The summed E-state index contributed by atoms with van der Waals surface area (Å²) in [5.41, 5.74) is 2.50. The van der Waals surface area contributed by atoms with Crippen LogP contribution in [0.4, 0.5) is 10.5 Å². The zero-order valence-electron chi connectivity index (χ0n) is 16.2. The van der Waals surface area contributed by atoms with Crippen LogP contribution in [0.3, 0.4) is 0 Å². The largest absolute Gasteiger partial charge is 0.339 e. The van der Waals surface area contributed by atoms with Gasteiger partial charge in [-0.2, -0.15) is 0 Å². The lowest BCUT2D eigenvalue weighted by molar-refractivity contribution is 0.0755. The van der Waals surface area contributed by atoms with Gasteiger partial charge < -0.3 is 15.5 Å². The van der Waals surface area contributed by atoms with Crippen LogP contribution >= 0.6 is 0 Å². The van der Waals surface area contributed by atoms with E-state index in [1.54, 1.807) is 24.3 Å². The monoisotopic (exact) mass is 367 g/mol. The third-order valence-electron chi connectivity index (χ3n) is 4.21. The summed E-state index contributed by atoms with van der Waals surface area (Å²) in [5, 5.41) is 5.64. The molecular weight excluding hydrogens is 338 g/mol. The molecule has 0 bridgehead atoms. The van der Waals surface area contributed by atoms with Crippen molar-refractivity contribution in [2.24, 2.45) is 0 Å². The second kappa shape index (κ2) is 11.0. The van der Waals surface area contributed by atoms with Crippen LogP contribution in [0.5, 0.6) is 0 Å². The van der Waals surface area contributed by atoms with Crippen molar-refractivity contribution in [1.82, 2.24) is 10.2 Å². The summed E-state index contributed by atoms with van der Waals surface area (Å²) >= 11 is 0. The van der Waals surface area contributed by atoms with E-state index in [1.807, 2.05) is 35.2 Å². The molecule has 0 aromatic heterocycles. The zero-order valence-corrected chi connectivity index (χ0v) is 16.2. The fourth-order valence-corrected chi connectivity index (χ4v) is 2.87. The van der Waals surface area contributed by atoms with Gasteiger partial charge in [0.2, 0.25) is 0 Å². The van der Waals surface area contributed by atoms with Crippen LogP contribution in [0.2, 0.25) is 0 Å². The molecule has 0 saturated heterocycles. The predicted octanol–water partition coefficient (Wildman–Crippen LogP) is 4.31. The maximum absolute atomic E-state index is 12.6. The van der Waals surface area contributed by atoms with Crippen molar-refractivity contribution in [2.75, 3.05) is 25.0 Å². The van der Waals surface area contributed by atoms with Crippen LogP contribution in [0.1, 0.15) is 42.6 Å². The lowest BCUT2D eigenvalue weighted by atomic mass is 10.1. The number of urea groups is 1. The molecule has 2 N–H and O–H groups in total. The standard InChI is InChI=1S/C22H29N3O2/c1-3-16-25(17-4-2)21(26)19-10-12-20(13-11-19)24-22(27)23-15-14-18-8-6-5-7-9-18/h5-13H,3-4,14-17H2,1-2H3,(H2,23,24,27). The van der Waals surface area contributed by atoms with Crippen molar-refractivity contribution in [3.63, 3.8) is 0 Å². The molecular formula is C22H29N3O2. The van der Waals surface area contributed by atoms with E-state index in [9.17, 15) is 9.59 Å². The van der Waals surface area contributed by atoms with Crippen LogP contribution in [0, 0.1) is 0 Å². The third-order valence-corrected chi connectivity index (χ3v) is 4.21. The highest BCUT2D eigenvalue weighted by Gasteiger charge is 2.14. The Morgan fingerprint density at radius 3 is 2.11 bits per heavy atom. The van der Waals surface area contributed by atoms with E-state index < -0.39 is 0 Å². The molecule has 0 atom stereocenters. The number of carbonyl (C=O) groups excluding carboxylic acids is 2. The zero-order chi connectivity index (χ0) is 19.5. The SMILES string of the molecule is CCCN(CCC)C(=O)c1ccc(NC(=O)NCCc2ccccc2)cc1. The Morgan fingerprint density at radius 2 is 1.52 bits per heavy atom. The fourth-order valence-electron chi connectivity index (χ4n) is 2.87. The van der Waals surface area contributed by atoms with E-state index >= 15 is 0 Å². The molecule has 27 heavy (non-hydrogen) atoms. The normalized spacial score (nSPS) is 10.3. The fraction of sp³-hybridized carbons (Fsp3) is 0.364. The van der Waals surface area contributed by atoms with E-state index in [1.165, 1.54) is 5.56 Å². The second-order valence-corrected chi connectivity index (χ2v) is 6.49. The first-order chi connectivity index (χ1) is 13.1. The summed E-state index contributed by atoms with van der Waals surface area (Å²) in [5.74, 6) is 0.0394. The van der Waals surface area contributed by atoms with Gasteiger partial charge in [0, 0.05) is 30.9 Å². The van der Waals surface area contributed by atoms with E-state index in [0.29, 0.717) is 17.8 Å². The summed E-state index contributed by atoms with van der Waals surface area (Å²) in [7, 11) is 0. The molecule has 2 rings (SSSR count). The highest BCUT2D eigenvalue weighted by molar-refractivity contribution is 5.95. The Kier molecular flexibility index (Phi) is 8.36. The van der Waals surface area contributed by atoms with Crippen LogP contribution in [-0.4, -0.2) is 36.5 Å².